The normalized spacial score (nSPS) is 20.1. The standard InChI is InChI=1S/C16H14ClNO4S/c17-12-8-11(22-15(20)9-3-1-2-4-9)6-5-10(12)7-13-14(19)18-16(21)23-13/h5-9H,1-4H2,(H,18,19,21)/b13-7-. The lowest BCUT2D eigenvalue weighted by Gasteiger charge is -2.10. The first-order valence-electron chi connectivity index (χ1n) is 7.29. The second-order valence-corrected chi connectivity index (χ2v) is 6.86. The van der Waals surface area contributed by atoms with E-state index in [4.69, 9.17) is 16.3 Å². The van der Waals surface area contributed by atoms with Gasteiger partial charge in [-0.25, -0.2) is 0 Å². The minimum Gasteiger partial charge on any atom is -0.426 e. The third-order valence-corrected chi connectivity index (χ3v) is 4.95. The second-order valence-electron chi connectivity index (χ2n) is 5.44. The first-order valence-corrected chi connectivity index (χ1v) is 8.48. The van der Waals surface area contributed by atoms with E-state index in [0.29, 0.717) is 16.3 Å². The van der Waals surface area contributed by atoms with Gasteiger partial charge in [-0.3, -0.25) is 19.7 Å². The van der Waals surface area contributed by atoms with E-state index in [1.807, 2.05) is 0 Å². The highest BCUT2D eigenvalue weighted by Crippen LogP contribution is 2.31. The van der Waals surface area contributed by atoms with Crippen LogP contribution in [0.5, 0.6) is 5.75 Å². The Morgan fingerprint density at radius 2 is 2.04 bits per heavy atom. The Kier molecular flexibility index (Phi) is 4.73. The summed E-state index contributed by atoms with van der Waals surface area (Å²) in [5, 5.41) is 2.13. The van der Waals surface area contributed by atoms with Crippen molar-refractivity contribution in [3.8, 4) is 5.75 Å². The molecule has 0 unspecified atom stereocenters. The van der Waals surface area contributed by atoms with Crippen LogP contribution < -0.4 is 10.1 Å². The van der Waals surface area contributed by atoms with Gasteiger partial charge in [0, 0.05) is 6.07 Å². The molecule has 1 saturated carbocycles. The maximum Gasteiger partial charge on any atom is 0.314 e. The number of carbonyl (C=O) groups excluding carboxylic acids is 3. The molecule has 1 heterocycles. The summed E-state index contributed by atoms with van der Waals surface area (Å²) in [6, 6.07) is 4.83. The van der Waals surface area contributed by atoms with E-state index >= 15 is 0 Å². The fourth-order valence-electron chi connectivity index (χ4n) is 2.61. The number of ether oxygens (including phenoxy) is 1. The molecule has 0 atom stereocenters. The van der Waals surface area contributed by atoms with Gasteiger partial charge in [-0.1, -0.05) is 24.4 Å². The van der Waals surface area contributed by atoms with Crippen LogP contribution in [0, 0.1) is 5.92 Å². The molecule has 0 spiro atoms. The van der Waals surface area contributed by atoms with Crippen LogP contribution in [-0.4, -0.2) is 17.1 Å². The Bertz CT molecular complexity index is 710. The molecule has 1 aromatic carbocycles. The number of nitrogens with one attached hydrogen (secondary N) is 1. The summed E-state index contributed by atoms with van der Waals surface area (Å²) in [6.45, 7) is 0. The summed E-state index contributed by atoms with van der Waals surface area (Å²) >= 11 is 7.00. The monoisotopic (exact) mass is 351 g/mol. The summed E-state index contributed by atoms with van der Waals surface area (Å²) in [4.78, 5) is 34.9. The van der Waals surface area contributed by atoms with E-state index in [1.54, 1.807) is 18.2 Å². The molecule has 23 heavy (non-hydrogen) atoms. The molecular weight excluding hydrogens is 338 g/mol. The van der Waals surface area contributed by atoms with E-state index in [9.17, 15) is 14.4 Å². The fraction of sp³-hybridized carbons (Fsp3) is 0.312. The predicted octanol–water partition coefficient (Wildman–Crippen LogP) is 3.76. The smallest absolute Gasteiger partial charge is 0.314 e. The molecular formula is C16H14ClNO4S. The van der Waals surface area contributed by atoms with Gasteiger partial charge in [0.25, 0.3) is 11.1 Å². The van der Waals surface area contributed by atoms with Gasteiger partial charge in [-0.2, -0.15) is 0 Å². The van der Waals surface area contributed by atoms with E-state index < -0.39 is 11.1 Å². The van der Waals surface area contributed by atoms with Crippen LogP contribution in [0.3, 0.4) is 0 Å². The predicted molar refractivity (Wildman–Crippen MR) is 88.2 cm³/mol. The van der Waals surface area contributed by atoms with E-state index in [-0.39, 0.29) is 16.8 Å². The van der Waals surface area contributed by atoms with E-state index in [2.05, 4.69) is 5.32 Å². The van der Waals surface area contributed by atoms with Crippen LogP contribution in [0.2, 0.25) is 5.02 Å². The minimum atomic E-state index is -0.437. The third kappa shape index (κ3) is 3.76. The van der Waals surface area contributed by atoms with Crippen molar-refractivity contribution in [2.24, 2.45) is 5.92 Å². The van der Waals surface area contributed by atoms with Gasteiger partial charge in [0.15, 0.2) is 0 Å². The molecule has 3 rings (SSSR count). The maximum atomic E-state index is 12.0. The summed E-state index contributed by atoms with van der Waals surface area (Å²) < 4.78 is 5.36. The Labute approximate surface area is 142 Å². The highest BCUT2D eigenvalue weighted by molar-refractivity contribution is 8.18. The molecule has 1 N–H and O–H groups in total. The van der Waals surface area contributed by atoms with Gasteiger partial charge in [0.05, 0.1) is 15.8 Å². The van der Waals surface area contributed by atoms with Crippen molar-refractivity contribution in [1.82, 2.24) is 5.32 Å². The SMILES string of the molecule is O=C1NC(=O)/C(=C/c2ccc(OC(=O)C3CCCC3)cc2Cl)S1. The Hall–Kier alpha value is -1.79. The molecule has 2 fully saturated rings. The number of halogens is 1. The topological polar surface area (TPSA) is 72.5 Å². The summed E-state index contributed by atoms with van der Waals surface area (Å²) in [5.74, 6) is -0.303. The molecule has 0 bridgehead atoms. The molecule has 2 amide bonds. The lowest BCUT2D eigenvalue weighted by atomic mass is 10.1. The minimum absolute atomic E-state index is 0.0276. The average molecular weight is 352 g/mol. The molecule has 2 aliphatic rings. The molecule has 1 aliphatic carbocycles. The zero-order valence-corrected chi connectivity index (χ0v) is 13.7. The number of esters is 1. The number of rotatable bonds is 3. The number of hydrogen-bond acceptors (Lipinski definition) is 5. The molecule has 120 valence electrons. The fourth-order valence-corrected chi connectivity index (χ4v) is 3.51. The molecule has 0 radical (unpaired) electrons. The van der Waals surface area contributed by atoms with Gasteiger partial charge in [-0.15, -0.1) is 0 Å². The van der Waals surface area contributed by atoms with Crippen molar-refractivity contribution < 1.29 is 19.1 Å². The van der Waals surface area contributed by atoms with Crippen LogP contribution in [0.15, 0.2) is 23.1 Å². The van der Waals surface area contributed by atoms with Crippen LogP contribution in [0.1, 0.15) is 31.2 Å². The number of carbonyl (C=O) groups is 3. The number of hydrogen-bond donors (Lipinski definition) is 1. The van der Waals surface area contributed by atoms with Gasteiger partial charge in [0.1, 0.15) is 5.75 Å². The van der Waals surface area contributed by atoms with Gasteiger partial charge >= 0.3 is 5.97 Å². The first-order chi connectivity index (χ1) is 11.0. The molecule has 1 aromatic rings. The largest absolute Gasteiger partial charge is 0.426 e. The van der Waals surface area contributed by atoms with E-state index in [1.165, 1.54) is 6.08 Å². The zero-order chi connectivity index (χ0) is 16.4. The Morgan fingerprint density at radius 1 is 1.30 bits per heavy atom. The van der Waals surface area contributed by atoms with Crippen molar-refractivity contribution in [3.63, 3.8) is 0 Å². The second kappa shape index (κ2) is 6.76. The lowest BCUT2D eigenvalue weighted by molar-refractivity contribution is -0.138. The maximum absolute atomic E-state index is 12.0. The molecule has 1 aliphatic heterocycles. The molecule has 5 nitrogen and oxygen atoms in total. The molecule has 0 aromatic heterocycles. The Balaban J connectivity index is 1.73. The highest BCUT2D eigenvalue weighted by atomic mass is 35.5. The quantitative estimate of drug-likeness (QED) is 0.510. The first kappa shape index (κ1) is 16.1. The summed E-state index contributed by atoms with van der Waals surface area (Å²) in [7, 11) is 0. The molecule has 7 heteroatoms. The number of imide groups is 1. The zero-order valence-electron chi connectivity index (χ0n) is 12.1. The third-order valence-electron chi connectivity index (χ3n) is 3.81. The number of thioether (sulfide) groups is 1. The number of benzene rings is 1. The van der Waals surface area contributed by atoms with Crippen molar-refractivity contribution in [3.05, 3.63) is 33.7 Å². The average Bonchev–Trinajstić information content (AvgIpc) is 3.12. The summed E-state index contributed by atoms with van der Waals surface area (Å²) in [5.41, 5.74) is 0.583. The van der Waals surface area contributed by atoms with Gasteiger partial charge in [-0.05, 0) is 48.4 Å². The van der Waals surface area contributed by atoms with Crippen LogP contribution in [-0.2, 0) is 9.59 Å². The van der Waals surface area contributed by atoms with Gasteiger partial charge in [0.2, 0.25) is 0 Å². The molecule has 1 saturated heterocycles. The van der Waals surface area contributed by atoms with Crippen molar-refractivity contribution in [2.45, 2.75) is 25.7 Å². The van der Waals surface area contributed by atoms with Crippen LogP contribution in [0.25, 0.3) is 6.08 Å². The van der Waals surface area contributed by atoms with Gasteiger partial charge < -0.3 is 4.74 Å². The van der Waals surface area contributed by atoms with Crippen molar-refractivity contribution in [2.75, 3.05) is 0 Å². The highest BCUT2D eigenvalue weighted by Gasteiger charge is 2.26. The van der Waals surface area contributed by atoms with Crippen molar-refractivity contribution in [1.29, 1.82) is 0 Å². The Morgan fingerprint density at radius 3 is 2.65 bits per heavy atom. The van der Waals surface area contributed by atoms with Crippen LogP contribution in [0.4, 0.5) is 4.79 Å². The van der Waals surface area contributed by atoms with E-state index in [0.717, 1.165) is 37.4 Å². The van der Waals surface area contributed by atoms with Crippen LogP contribution >= 0.6 is 23.4 Å². The number of amides is 2. The summed E-state index contributed by atoms with van der Waals surface area (Å²) in [6.07, 6.45) is 5.40. The lowest BCUT2D eigenvalue weighted by Crippen LogP contribution is -2.18. The van der Waals surface area contributed by atoms with Crippen molar-refractivity contribution >= 4 is 46.6 Å².